The second-order valence-electron chi connectivity index (χ2n) is 8.80. The van der Waals surface area contributed by atoms with Crippen LogP contribution in [-0.4, -0.2) is 30.8 Å². The van der Waals surface area contributed by atoms with Gasteiger partial charge in [-0.3, -0.25) is 9.48 Å². The lowest BCUT2D eigenvalue weighted by Gasteiger charge is -2.29. The van der Waals surface area contributed by atoms with Crippen LogP contribution in [0.15, 0.2) is 67.1 Å². The van der Waals surface area contributed by atoms with Crippen molar-refractivity contribution < 1.29 is 23.1 Å². The summed E-state index contributed by atoms with van der Waals surface area (Å²) < 4.78 is 40.9. The van der Waals surface area contributed by atoms with Crippen LogP contribution in [0.25, 0.3) is 11.1 Å². The number of carbonyl (C=O) groups is 1. The van der Waals surface area contributed by atoms with Gasteiger partial charge in [0.1, 0.15) is 5.69 Å². The van der Waals surface area contributed by atoms with Gasteiger partial charge in [-0.25, -0.2) is 9.97 Å². The Labute approximate surface area is 204 Å². The molecule has 1 aliphatic carbocycles. The van der Waals surface area contributed by atoms with E-state index in [1.54, 1.807) is 18.3 Å². The monoisotopic (exact) mass is 493 g/mol. The molecule has 36 heavy (non-hydrogen) atoms. The van der Waals surface area contributed by atoms with E-state index in [1.807, 2.05) is 48.1 Å². The number of hydrogen-bond donors (Lipinski definition) is 2. The van der Waals surface area contributed by atoms with Gasteiger partial charge in [0.05, 0.1) is 18.2 Å². The molecule has 10 heteroatoms. The Kier molecular flexibility index (Phi) is 5.95. The van der Waals surface area contributed by atoms with E-state index in [-0.39, 0.29) is 12.0 Å². The van der Waals surface area contributed by atoms with Crippen molar-refractivity contribution in [2.45, 2.75) is 37.9 Å². The third-order valence-corrected chi connectivity index (χ3v) is 6.29. The van der Waals surface area contributed by atoms with Gasteiger partial charge in [0.2, 0.25) is 5.95 Å². The number of fused-ring (bicyclic) bond motifs is 1. The number of halogens is 3. The molecule has 0 radical (unpaired) electrons. The number of aryl methyl sites for hydroxylation is 1. The van der Waals surface area contributed by atoms with Crippen LogP contribution in [-0.2, 0) is 11.0 Å². The average Bonchev–Trinajstić information content (AvgIpc) is 3.33. The van der Waals surface area contributed by atoms with Crippen molar-refractivity contribution in [2.24, 2.45) is 0 Å². The van der Waals surface area contributed by atoms with Gasteiger partial charge >= 0.3 is 12.1 Å². The van der Waals surface area contributed by atoms with Gasteiger partial charge in [0, 0.05) is 23.6 Å². The fourth-order valence-electron chi connectivity index (χ4n) is 4.68. The molecule has 2 aromatic carbocycles. The van der Waals surface area contributed by atoms with Crippen LogP contribution < -0.4 is 5.32 Å². The Morgan fingerprint density at radius 1 is 1.08 bits per heavy atom. The van der Waals surface area contributed by atoms with Gasteiger partial charge in [-0.2, -0.15) is 18.3 Å². The first kappa shape index (κ1) is 23.5. The lowest BCUT2D eigenvalue weighted by molar-refractivity contribution is -0.141. The van der Waals surface area contributed by atoms with E-state index in [9.17, 15) is 23.1 Å². The highest BCUT2D eigenvalue weighted by molar-refractivity contribution is 5.77. The molecule has 0 saturated heterocycles. The predicted molar refractivity (Wildman–Crippen MR) is 127 cm³/mol. The number of nitrogens with one attached hydrogen (secondary N) is 1. The molecule has 0 spiro atoms. The number of carboxylic acids is 1. The predicted octanol–water partition coefficient (Wildman–Crippen LogP) is 5.96. The van der Waals surface area contributed by atoms with Crippen molar-refractivity contribution in [3.63, 3.8) is 0 Å². The molecule has 0 fully saturated rings. The molecule has 184 valence electrons. The fourth-order valence-corrected chi connectivity index (χ4v) is 4.68. The molecule has 2 unspecified atom stereocenters. The van der Waals surface area contributed by atoms with Crippen molar-refractivity contribution in [3.05, 3.63) is 89.5 Å². The van der Waals surface area contributed by atoms with E-state index >= 15 is 0 Å². The number of rotatable bonds is 5. The number of aliphatic carboxylic acids is 1. The normalized spacial score (nSPS) is 17.4. The molecule has 2 N–H and O–H groups in total. The molecule has 4 aromatic rings. The lowest BCUT2D eigenvalue weighted by atomic mass is 9.80. The molecule has 1 aliphatic rings. The lowest BCUT2D eigenvalue weighted by Crippen LogP contribution is -2.24. The molecule has 5 rings (SSSR count). The smallest absolute Gasteiger partial charge is 0.433 e. The first-order valence-electron chi connectivity index (χ1n) is 11.3. The van der Waals surface area contributed by atoms with Crippen molar-refractivity contribution in [3.8, 4) is 11.1 Å². The van der Waals surface area contributed by atoms with Crippen LogP contribution in [0.4, 0.5) is 24.8 Å². The van der Waals surface area contributed by atoms with E-state index in [0.29, 0.717) is 18.5 Å². The van der Waals surface area contributed by atoms with Gasteiger partial charge in [-0.05, 0) is 60.2 Å². The minimum atomic E-state index is -4.56. The van der Waals surface area contributed by atoms with Gasteiger partial charge < -0.3 is 10.4 Å². The topological polar surface area (TPSA) is 92.9 Å². The van der Waals surface area contributed by atoms with E-state index in [2.05, 4.69) is 20.4 Å². The summed E-state index contributed by atoms with van der Waals surface area (Å²) in [6.45, 7) is 1.88. The number of aromatic nitrogens is 4. The van der Waals surface area contributed by atoms with Crippen molar-refractivity contribution in [2.75, 3.05) is 5.32 Å². The number of benzene rings is 2. The Hall–Kier alpha value is -4.21. The number of nitrogens with zero attached hydrogens (tertiary/aromatic N) is 4. The van der Waals surface area contributed by atoms with Gasteiger partial charge in [-0.15, -0.1) is 0 Å². The summed E-state index contributed by atoms with van der Waals surface area (Å²) in [6, 6.07) is 13.8. The summed E-state index contributed by atoms with van der Waals surface area (Å²) in [5.74, 6) is -1.51. The molecule has 0 saturated carbocycles. The second kappa shape index (κ2) is 9.10. The number of hydrogen-bond acceptors (Lipinski definition) is 5. The Morgan fingerprint density at radius 2 is 1.86 bits per heavy atom. The molecule has 0 amide bonds. The zero-order valence-electron chi connectivity index (χ0n) is 19.2. The van der Waals surface area contributed by atoms with Crippen LogP contribution in [0.2, 0.25) is 0 Å². The number of anilines is 2. The molecular formula is C26H22F3N5O2. The van der Waals surface area contributed by atoms with Crippen LogP contribution >= 0.6 is 0 Å². The van der Waals surface area contributed by atoms with Crippen molar-refractivity contribution in [1.29, 1.82) is 0 Å². The number of alkyl halides is 3. The molecule has 0 aliphatic heterocycles. The zero-order valence-corrected chi connectivity index (χ0v) is 19.2. The molecular weight excluding hydrogens is 471 g/mol. The highest BCUT2D eigenvalue weighted by Gasteiger charge is 2.33. The maximum atomic E-state index is 13.0. The SMILES string of the molecule is Cc1cc(Nc2nccc(C(F)(F)F)n2)cc(-c2cnn(C3CCC(C(=O)O)c4ccccc43)c2)c1. The van der Waals surface area contributed by atoms with E-state index in [4.69, 9.17) is 0 Å². The van der Waals surface area contributed by atoms with Crippen LogP contribution in [0.1, 0.15) is 47.2 Å². The summed E-state index contributed by atoms with van der Waals surface area (Å²) in [4.78, 5) is 19.2. The Balaban J connectivity index is 1.43. The van der Waals surface area contributed by atoms with Crippen molar-refractivity contribution in [1.82, 2.24) is 19.7 Å². The summed E-state index contributed by atoms with van der Waals surface area (Å²) in [5.41, 5.74) is 3.81. The maximum absolute atomic E-state index is 13.0. The average molecular weight is 493 g/mol. The quantitative estimate of drug-likeness (QED) is 0.356. The van der Waals surface area contributed by atoms with Gasteiger partial charge in [-0.1, -0.05) is 30.3 Å². The van der Waals surface area contributed by atoms with Crippen LogP contribution in [0.3, 0.4) is 0 Å². The fraction of sp³-hybridized carbons (Fsp3) is 0.231. The first-order valence-corrected chi connectivity index (χ1v) is 11.3. The molecule has 2 atom stereocenters. The largest absolute Gasteiger partial charge is 0.481 e. The molecule has 2 aromatic heterocycles. The highest BCUT2D eigenvalue weighted by atomic mass is 19.4. The highest BCUT2D eigenvalue weighted by Crippen LogP contribution is 2.40. The standard InChI is InChI=1S/C26H22F3N5O2/c1-15-10-16(12-18(11-15)32-25-30-9-8-23(33-25)26(27,28)29)17-13-31-34(14-17)22-7-6-21(24(35)36)19-4-2-3-5-20(19)22/h2-5,8-14,21-22H,6-7H2,1H3,(H,35,36)(H,30,32,33). The molecule has 7 nitrogen and oxygen atoms in total. The zero-order chi connectivity index (χ0) is 25.4. The number of carboxylic acid groups (broad SMARTS) is 1. The summed E-state index contributed by atoms with van der Waals surface area (Å²) in [6.07, 6.45) is 1.29. The van der Waals surface area contributed by atoms with Gasteiger partial charge in [0.15, 0.2) is 0 Å². The van der Waals surface area contributed by atoms with Crippen LogP contribution in [0, 0.1) is 6.92 Å². The Morgan fingerprint density at radius 3 is 2.61 bits per heavy atom. The third kappa shape index (κ3) is 4.66. The van der Waals surface area contributed by atoms with E-state index < -0.39 is 23.8 Å². The summed E-state index contributed by atoms with van der Waals surface area (Å²) in [5, 5.41) is 17.0. The minimum Gasteiger partial charge on any atom is -0.481 e. The minimum absolute atomic E-state index is 0.0912. The first-order chi connectivity index (χ1) is 17.2. The maximum Gasteiger partial charge on any atom is 0.433 e. The third-order valence-electron chi connectivity index (χ3n) is 6.29. The Bertz CT molecular complexity index is 1430. The van der Waals surface area contributed by atoms with E-state index in [1.165, 1.54) is 0 Å². The second-order valence-corrected chi connectivity index (χ2v) is 8.80. The van der Waals surface area contributed by atoms with E-state index in [0.717, 1.165) is 40.1 Å². The van der Waals surface area contributed by atoms with Crippen LogP contribution in [0.5, 0.6) is 0 Å². The van der Waals surface area contributed by atoms with Gasteiger partial charge in [0.25, 0.3) is 0 Å². The summed E-state index contributed by atoms with van der Waals surface area (Å²) >= 11 is 0. The molecule has 2 heterocycles. The molecule has 0 bridgehead atoms. The van der Waals surface area contributed by atoms with Crippen molar-refractivity contribution >= 4 is 17.6 Å². The summed E-state index contributed by atoms with van der Waals surface area (Å²) in [7, 11) is 0.